The fraction of sp³-hybridized carbons (Fsp3) is 0.400. The molecule has 2 aromatic carbocycles. The average molecular weight is 439 g/mol. The van der Waals surface area contributed by atoms with Crippen molar-refractivity contribution >= 4 is 18.0 Å². The predicted octanol–water partition coefficient (Wildman–Crippen LogP) is 3.92. The summed E-state index contributed by atoms with van der Waals surface area (Å²) >= 11 is 0. The first-order valence-corrected chi connectivity index (χ1v) is 10.8. The van der Waals surface area contributed by atoms with Gasteiger partial charge in [-0.05, 0) is 41.5 Å². The molecule has 1 aliphatic carbocycles. The summed E-state index contributed by atoms with van der Waals surface area (Å²) in [4.78, 5) is 36.9. The van der Waals surface area contributed by atoms with Crippen LogP contribution in [0.4, 0.5) is 4.79 Å². The fourth-order valence-corrected chi connectivity index (χ4v) is 3.98. The summed E-state index contributed by atoms with van der Waals surface area (Å²) in [6.45, 7) is 6.85. The average Bonchev–Trinajstić information content (AvgIpc) is 3.09. The third-order valence-electron chi connectivity index (χ3n) is 6.15. The number of carbonyl (C=O) groups excluding carboxylic acids is 2. The van der Waals surface area contributed by atoms with E-state index >= 15 is 0 Å². The van der Waals surface area contributed by atoms with E-state index in [2.05, 4.69) is 22.8 Å². The minimum atomic E-state index is -1.30. The van der Waals surface area contributed by atoms with E-state index < -0.39 is 29.6 Å². The Hall–Kier alpha value is -3.35. The van der Waals surface area contributed by atoms with Gasteiger partial charge in [-0.25, -0.2) is 9.59 Å². The number of aliphatic carboxylic acids is 1. The fourth-order valence-electron chi connectivity index (χ4n) is 3.98. The molecule has 7 nitrogen and oxygen atoms in total. The van der Waals surface area contributed by atoms with Gasteiger partial charge in [0.25, 0.3) is 0 Å². The van der Waals surface area contributed by atoms with Crippen LogP contribution in [0.2, 0.25) is 0 Å². The smallest absolute Gasteiger partial charge is 0.408 e. The molecule has 0 saturated heterocycles. The van der Waals surface area contributed by atoms with Gasteiger partial charge in [0, 0.05) is 5.92 Å². The number of carbonyl (C=O) groups is 3. The second-order valence-corrected chi connectivity index (χ2v) is 8.67. The number of amides is 2. The number of rotatable bonds is 8. The van der Waals surface area contributed by atoms with E-state index in [1.54, 1.807) is 27.7 Å². The Morgan fingerprint density at radius 1 is 1.03 bits per heavy atom. The van der Waals surface area contributed by atoms with Crippen LogP contribution < -0.4 is 10.6 Å². The lowest BCUT2D eigenvalue weighted by molar-refractivity contribution is -0.144. The minimum absolute atomic E-state index is 0.0906. The monoisotopic (exact) mass is 438 g/mol. The SMILES string of the molecule is CCC(C)(NC(=O)OCC1c2ccccc2-c2ccccc21)C(=O)N[C@@H](C(=O)O)C(C)C. The number of ether oxygens (including phenoxy) is 1. The van der Waals surface area contributed by atoms with Crippen molar-refractivity contribution in [3.05, 3.63) is 59.7 Å². The van der Waals surface area contributed by atoms with Gasteiger partial charge in [-0.2, -0.15) is 0 Å². The third-order valence-corrected chi connectivity index (χ3v) is 6.15. The van der Waals surface area contributed by atoms with Crippen LogP contribution in [0, 0.1) is 5.92 Å². The predicted molar refractivity (Wildman–Crippen MR) is 121 cm³/mol. The molecule has 0 radical (unpaired) electrons. The van der Waals surface area contributed by atoms with Crippen LogP contribution in [0.15, 0.2) is 48.5 Å². The van der Waals surface area contributed by atoms with Gasteiger partial charge in [0.2, 0.25) is 5.91 Å². The molecule has 0 bridgehead atoms. The lowest BCUT2D eigenvalue weighted by atomic mass is 9.95. The summed E-state index contributed by atoms with van der Waals surface area (Å²) in [5, 5.41) is 14.5. The molecule has 0 aliphatic heterocycles. The van der Waals surface area contributed by atoms with Crippen molar-refractivity contribution in [2.24, 2.45) is 5.92 Å². The molecule has 170 valence electrons. The van der Waals surface area contributed by atoms with E-state index in [-0.39, 0.29) is 24.9 Å². The van der Waals surface area contributed by atoms with E-state index in [9.17, 15) is 19.5 Å². The van der Waals surface area contributed by atoms with Crippen molar-refractivity contribution in [1.29, 1.82) is 0 Å². The second kappa shape index (κ2) is 9.42. The highest BCUT2D eigenvalue weighted by Gasteiger charge is 2.37. The van der Waals surface area contributed by atoms with Gasteiger partial charge in [-0.3, -0.25) is 4.79 Å². The van der Waals surface area contributed by atoms with Gasteiger partial charge < -0.3 is 20.5 Å². The van der Waals surface area contributed by atoms with Gasteiger partial charge in [0.15, 0.2) is 0 Å². The molecule has 0 aromatic heterocycles. The zero-order chi connectivity index (χ0) is 23.5. The second-order valence-electron chi connectivity index (χ2n) is 8.67. The number of hydrogen-bond donors (Lipinski definition) is 3. The van der Waals surface area contributed by atoms with Crippen LogP contribution in [0.1, 0.15) is 51.2 Å². The van der Waals surface area contributed by atoms with Gasteiger partial charge in [-0.1, -0.05) is 69.3 Å². The van der Waals surface area contributed by atoms with Gasteiger partial charge in [0.05, 0.1) is 0 Å². The molecule has 0 heterocycles. The molecule has 2 amide bonds. The Bertz CT molecular complexity index is 973. The quantitative estimate of drug-likeness (QED) is 0.579. The highest BCUT2D eigenvalue weighted by atomic mass is 16.5. The summed E-state index contributed by atoms with van der Waals surface area (Å²) in [5.74, 6) is -2.07. The Kier molecular flexibility index (Phi) is 6.87. The highest BCUT2D eigenvalue weighted by molar-refractivity contribution is 5.92. The lowest BCUT2D eigenvalue weighted by Crippen LogP contribution is -2.60. The summed E-state index contributed by atoms with van der Waals surface area (Å²) in [5.41, 5.74) is 3.15. The largest absolute Gasteiger partial charge is 0.480 e. The first-order valence-electron chi connectivity index (χ1n) is 10.8. The van der Waals surface area contributed by atoms with Gasteiger partial charge >= 0.3 is 12.1 Å². The molecule has 1 unspecified atom stereocenters. The molecule has 7 heteroatoms. The number of benzene rings is 2. The van der Waals surface area contributed by atoms with E-state index in [4.69, 9.17) is 4.74 Å². The van der Waals surface area contributed by atoms with Crippen LogP contribution in [0.3, 0.4) is 0 Å². The zero-order valence-corrected chi connectivity index (χ0v) is 18.8. The molecular formula is C25H30N2O5. The van der Waals surface area contributed by atoms with Crippen LogP contribution in [-0.4, -0.2) is 41.3 Å². The molecule has 1 aliphatic rings. The summed E-state index contributed by atoms with van der Waals surface area (Å²) in [6.07, 6.45) is -0.448. The van der Waals surface area contributed by atoms with Crippen LogP contribution in [0.5, 0.6) is 0 Å². The summed E-state index contributed by atoms with van der Waals surface area (Å²) in [6, 6.07) is 15.0. The molecule has 3 rings (SSSR count). The molecular weight excluding hydrogens is 408 g/mol. The normalized spacial score (nSPS) is 15.3. The molecule has 0 saturated carbocycles. The van der Waals surface area contributed by atoms with E-state index in [1.165, 1.54) is 0 Å². The Morgan fingerprint density at radius 2 is 1.56 bits per heavy atom. The Morgan fingerprint density at radius 3 is 2.03 bits per heavy atom. The number of carboxylic acid groups (broad SMARTS) is 1. The summed E-state index contributed by atoms with van der Waals surface area (Å²) < 4.78 is 5.54. The lowest BCUT2D eigenvalue weighted by Gasteiger charge is -2.30. The maximum atomic E-state index is 12.8. The molecule has 2 aromatic rings. The minimum Gasteiger partial charge on any atom is -0.480 e. The number of fused-ring (bicyclic) bond motifs is 3. The molecule has 32 heavy (non-hydrogen) atoms. The van der Waals surface area contributed by atoms with Crippen LogP contribution in [0.25, 0.3) is 11.1 Å². The number of alkyl carbamates (subject to hydrolysis) is 1. The van der Waals surface area contributed by atoms with Crippen molar-refractivity contribution in [2.75, 3.05) is 6.61 Å². The van der Waals surface area contributed by atoms with Crippen LogP contribution >= 0.6 is 0 Å². The number of hydrogen-bond acceptors (Lipinski definition) is 4. The van der Waals surface area contributed by atoms with E-state index in [0.717, 1.165) is 22.3 Å². The van der Waals surface area contributed by atoms with E-state index in [0.29, 0.717) is 0 Å². The maximum absolute atomic E-state index is 12.8. The zero-order valence-electron chi connectivity index (χ0n) is 18.8. The van der Waals surface area contributed by atoms with Crippen molar-refractivity contribution < 1.29 is 24.2 Å². The van der Waals surface area contributed by atoms with E-state index in [1.807, 2.05) is 36.4 Å². The molecule has 0 spiro atoms. The maximum Gasteiger partial charge on any atom is 0.408 e. The van der Waals surface area contributed by atoms with Gasteiger partial charge in [-0.15, -0.1) is 0 Å². The molecule has 0 fully saturated rings. The number of nitrogens with one attached hydrogen (secondary N) is 2. The molecule has 3 N–H and O–H groups in total. The Labute approximate surface area is 188 Å². The topological polar surface area (TPSA) is 105 Å². The standard InChI is InChI=1S/C25H30N2O5/c1-5-25(4,23(30)26-21(15(2)3)22(28)29)27-24(31)32-14-20-18-12-8-6-10-16(18)17-11-7-9-13-19(17)20/h6-13,15,20-21H,5,14H2,1-4H3,(H,26,30)(H,27,31)(H,28,29)/t21-,25?/m1/s1. The first kappa shape index (κ1) is 23.3. The van der Waals surface area contributed by atoms with Crippen molar-refractivity contribution in [2.45, 2.75) is 51.6 Å². The summed E-state index contributed by atoms with van der Waals surface area (Å²) in [7, 11) is 0. The van der Waals surface area contributed by atoms with Crippen molar-refractivity contribution in [3.8, 4) is 11.1 Å². The highest BCUT2D eigenvalue weighted by Crippen LogP contribution is 2.44. The van der Waals surface area contributed by atoms with Crippen molar-refractivity contribution in [3.63, 3.8) is 0 Å². The Balaban J connectivity index is 1.68. The van der Waals surface area contributed by atoms with Crippen molar-refractivity contribution in [1.82, 2.24) is 10.6 Å². The third kappa shape index (κ3) is 4.61. The van der Waals surface area contributed by atoms with Gasteiger partial charge in [0.1, 0.15) is 18.2 Å². The van der Waals surface area contributed by atoms with Crippen LogP contribution in [-0.2, 0) is 14.3 Å². The first-order chi connectivity index (χ1) is 15.2. The number of carboxylic acids is 1. The molecule has 2 atom stereocenters.